The molecule has 0 radical (unpaired) electrons. The number of hydrogen-bond donors (Lipinski definition) is 1. The molecule has 1 saturated heterocycles. The normalized spacial score (nSPS) is 19.4. The monoisotopic (exact) mass is 386 g/mol. The SMILES string of the molecule is C=CC(c1ccc(C2CC2)cc1)C(C)(NC(=C)C)c1cccc(N2CCCC2)c1. The molecule has 2 aromatic carbocycles. The second-order valence-corrected chi connectivity index (χ2v) is 9.01. The Kier molecular flexibility index (Phi) is 5.54. The van der Waals surface area contributed by atoms with Crippen LogP contribution in [0, 0.1) is 0 Å². The minimum absolute atomic E-state index is 0.140. The average molecular weight is 387 g/mol. The molecule has 29 heavy (non-hydrogen) atoms. The summed E-state index contributed by atoms with van der Waals surface area (Å²) in [5, 5.41) is 3.71. The third-order valence-corrected chi connectivity index (χ3v) is 6.59. The molecule has 0 amide bonds. The molecule has 0 bridgehead atoms. The van der Waals surface area contributed by atoms with E-state index in [-0.39, 0.29) is 11.5 Å². The fraction of sp³-hybridized carbons (Fsp3) is 0.407. The molecule has 152 valence electrons. The summed E-state index contributed by atoms with van der Waals surface area (Å²) < 4.78 is 0. The van der Waals surface area contributed by atoms with Crippen LogP contribution < -0.4 is 10.2 Å². The molecule has 2 aliphatic rings. The Bertz CT molecular complexity index is 872. The number of anilines is 1. The van der Waals surface area contributed by atoms with Crippen molar-refractivity contribution in [3.05, 3.63) is 90.2 Å². The minimum Gasteiger partial charge on any atom is -0.379 e. The predicted molar refractivity (Wildman–Crippen MR) is 125 cm³/mol. The van der Waals surface area contributed by atoms with Crippen molar-refractivity contribution < 1.29 is 0 Å². The molecule has 2 nitrogen and oxygen atoms in total. The van der Waals surface area contributed by atoms with Crippen molar-refractivity contribution in [1.29, 1.82) is 0 Å². The van der Waals surface area contributed by atoms with Crippen molar-refractivity contribution in [2.45, 2.75) is 56.9 Å². The fourth-order valence-corrected chi connectivity index (χ4v) is 4.87. The molecular weight excluding hydrogens is 352 g/mol. The summed E-state index contributed by atoms with van der Waals surface area (Å²) in [7, 11) is 0. The van der Waals surface area contributed by atoms with Gasteiger partial charge in [0.25, 0.3) is 0 Å². The molecule has 0 aromatic heterocycles. The zero-order chi connectivity index (χ0) is 20.4. The standard InChI is InChI=1S/C27H34N2/c1-5-26(23-15-13-22(14-16-23)21-11-12-21)27(4,28-20(2)3)24-9-8-10-25(19-24)29-17-6-7-18-29/h5,8-10,13-16,19,21,26,28H,1-2,6-7,11-12,17-18H2,3-4H3. The van der Waals surface area contributed by atoms with Crippen LogP contribution in [0.5, 0.6) is 0 Å². The number of hydrogen-bond acceptors (Lipinski definition) is 2. The van der Waals surface area contributed by atoms with E-state index in [1.807, 2.05) is 6.92 Å². The van der Waals surface area contributed by atoms with Gasteiger partial charge in [-0.25, -0.2) is 0 Å². The van der Waals surface area contributed by atoms with Crippen LogP contribution in [0.25, 0.3) is 0 Å². The number of nitrogens with one attached hydrogen (secondary N) is 1. The van der Waals surface area contributed by atoms with Crippen LogP contribution in [0.4, 0.5) is 5.69 Å². The molecule has 2 heteroatoms. The van der Waals surface area contributed by atoms with E-state index in [1.165, 1.54) is 48.1 Å². The van der Waals surface area contributed by atoms with E-state index in [0.717, 1.165) is 24.7 Å². The minimum atomic E-state index is -0.315. The zero-order valence-corrected chi connectivity index (χ0v) is 18.0. The summed E-state index contributed by atoms with van der Waals surface area (Å²) in [5.74, 6) is 0.921. The van der Waals surface area contributed by atoms with Gasteiger partial charge >= 0.3 is 0 Å². The number of rotatable bonds is 8. The zero-order valence-electron chi connectivity index (χ0n) is 18.0. The van der Waals surface area contributed by atoms with Crippen LogP contribution in [0.1, 0.15) is 68.1 Å². The highest BCUT2D eigenvalue weighted by Gasteiger charge is 2.36. The maximum Gasteiger partial charge on any atom is 0.0697 e. The number of allylic oxidation sites excluding steroid dienone is 1. The molecule has 2 atom stereocenters. The first kappa shape index (κ1) is 19.8. The topological polar surface area (TPSA) is 15.3 Å². The van der Waals surface area contributed by atoms with Crippen LogP contribution in [0.15, 0.2) is 73.5 Å². The first-order valence-electron chi connectivity index (χ1n) is 11.0. The fourth-order valence-electron chi connectivity index (χ4n) is 4.87. The lowest BCUT2D eigenvalue weighted by molar-refractivity contribution is 0.364. The maximum atomic E-state index is 4.23. The Morgan fingerprint density at radius 2 is 1.83 bits per heavy atom. The summed E-state index contributed by atoms with van der Waals surface area (Å²) in [6.07, 6.45) is 7.33. The van der Waals surface area contributed by atoms with Gasteiger partial charge in [0.1, 0.15) is 0 Å². The van der Waals surface area contributed by atoms with Crippen molar-refractivity contribution in [2.75, 3.05) is 18.0 Å². The van der Waals surface area contributed by atoms with E-state index in [1.54, 1.807) is 0 Å². The average Bonchev–Trinajstić information content (AvgIpc) is 3.42. The van der Waals surface area contributed by atoms with Gasteiger partial charge in [-0.15, -0.1) is 6.58 Å². The Hall–Kier alpha value is -2.48. The van der Waals surface area contributed by atoms with E-state index in [2.05, 4.69) is 84.9 Å². The quantitative estimate of drug-likeness (QED) is 0.523. The molecule has 1 aliphatic carbocycles. The van der Waals surface area contributed by atoms with Gasteiger partial charge < -0.3 is 10.2 Å². The first-order valence-corrected chi connectivity index (χ1v) is 11.0. The van der Waals surface area contributed by atoms with Gasteiger partial charge in [-0.2, -0.15) is 0 Å². The van der Waals surface area contributed by atoms with E-state index >= 15 is 0 Å². The van der Waals surface area contributed by atoms with E-state index in [9.17, 15) is 0 Å². The Morgan fingerprint density at radius 1 is 1.14 bits per heavy atom. The Labute approximate surface area is 176 Å². The third-order valence-electron chi connectivity index (χ3n) is 6.59. The molecule has 2 fully saturated rings. The largest absolute Gasteiger partial charge is 0.379 e. The van der Waals surface area contributed by atoms with Crippen LogP contribution in [0.3, 0.4) is 0 Å². The lowest BCUT2D eigenvalue weighted by Crippen LogP contribution is -2.43. The molecule has 1 heterocycles. The molecule has 1 saturated carbocycles. The summed E-state index contributed by atoms with van der Waals surface area (Å²) in [6, 6.07) is 18.2. The van der Waals surface area contributed by atoms with Gasteiger partial charge in [-0.3, -0.25) is 0 Å². The van der Waals surface area contributed by atoms with Crippen molar-refractivity contribution in [3.8, 4) is 0 Å². The van der Waals surface area contributed by atoms with Gasteiger partial charge in [-0.05, 0) is 74.3 Å². The van der Waals surface area contributed by atoms with Crippen LogP contribution in [-0.4, -0.2) is 13.1 Å². The maximum absolute atomic E-state index is 4.23. The lowest BCUT2D eigenvalue weighted by Gasteiger charge is -2.39. The van der Waals surface area contributed by atoms with Crippen molar-refractivity contribution in [2.24, 2.45) is 0 Å². The summed E-state index contributed by atoms with van der Waals surface area (Å²) in [4.78, 5) is 2.50. The highest BCUT2D eigenvalue weighted by molar-refractivity contribution is 5.52. The van der Waals surface area contributed by atoms with Crippen molar-refractivity contribution >= 4 is 5.69 Å². The van der Waals surface area contributed by atoms with E-state index in [0.29, 0.717) is 0 Å². The third kappa shape index (κ3) is 4.12. The predicted octanol–water partition coefficient (Wildman–Crippen LogP) is 6.47. The van der Waals surface area contributed by atoms with Gasteiger partial charge in [0.15, 0.2) is 0 Å². The van der Waals surface area contributed by atoms with E-state index in [4.69, 9.17) is 0 Å². The van der Waals surface area contributed by atoms with Gasteiger partial charge in [0.2, 0.25) is 0 Å². The molecule has 1 aliphatic heterocycles. The molecule has 4 rings (SSSR count). The van der Waals surface area contributed by atoms with Crippen LogP contribution in [0.2, 0.25) is 0 Å². The number of nitrogens with zero attached hydrogens (tertiary/aromatic N) is 1. The smallest absolute Gasteiger partial charge is 0.0697 e. The second kappa shape index (κ2) is 8.10. The molecule has 2 aromatic rings. The summed E-state index contributed by atoms with van der Waals surface area (Å²) in [6.45, 7) is 15.0. The Morgan fingerprint density at radius 3 is 2.41 bits per heavy atom. The van der Waals surface area contributed by atoms with Crippen LogP contribution in [-0.2, 0) is 5.54 Å². The second-order valence-electron chi connectivity index (χ2n) is 9.01. The summed E-state index contributed by atoms with van der Waals surface area (Å²) >= 11 is 0. The Balaban J connectivity index is 1.71. The molecular formula is C27H34N2. The van der Waals surface area contributed by atoms with E-state index < -0.39 is 0 Å². The van der Waals surface area contributed by atoms with Crippen molar-refractivity contribution in [1.82, 2.24) is 5.32 Å². The highest BCUT2D eigenvalue weighted by atomic mass is 15.1. The van der Waals surface area contributed by atoms with Crippen LogP contribution >= 0.6 is 0 Å². The first-order chi connectivity index (χ1) is 14.0. The lowest BCUT2D eigenvalue weighted by atomic mass is 9.75. The molecule has 2 unspecified atom stereocenters. The molecule has 0 spiro atoms. The highest BCUT2D eigenvalue weighted by Crippen LogP contribution is 2.43. The van der Waals surface area contributed by atoms with Gasteiger partial charge in [0, 0.05) is 30.4 Å². The van der Waals surface area contributed by atoms with Crippen molar-refractivity contribution in [3.63, 3.8) is 0 Å². The van der Waals surface area contributed by atoms with Gasteiger partial charge in [-0.1, -0.05) is 49.1 Å². The van der Waals surface area contributed by atoms with Gasteiger partial charge in [0.05, 0.1) is 5.54 Å². The number of benzene rings is 2. The molecule has 1 N–H and O–H groups in total. The summed E-state index contributed by atoms with van der Waals surface area (Å²) in [5.41, 5.74) is 6.03.